The Morgan fingerprint density at radius 1 is 1.36 bits per heavy atom. The van der Waals surface area contributed by atoms with Crippen LogP contribution in [-0.4, -0.2) is 36.0 Å². The van der Waals surface area contributed by atoms with E-state index in [1.54, 1.807) is 4.90 Å². The van der Waals surface area contributed by atoms with Crippen molar-refractivity contribution in [2.24, 2.45) is 0 Å². The lowest BCUT2D eigenvalue weighted by atomic mass is 10.1. The van der Waals surface area contributed by atoms with Crippen LogP contribution >= 0.6 is 0 Å². The van der Waals surface area contributed by atoms with Crippen LogP contribution in [0, 0.1) is 6.92 Å². The van der Waals surface area contributed by atoms with Crippen molar-refractivity contribution in [3.8, 4) is 0 Å². The Morgan fingerprint density at radius 2 is 2.14 bits per heavy atom. The van der Waals surface area contributed by atoms with Gasteiger partial charge in [0.2, 0.25) is 5.91 Å². The molecule has 3 amide bonds. The molecule has 5 nitrogen and oxygen atoms in total. The number of rotatable bonds is 4. The molecular weight excluding hydrogens is 278 g/mol. The molecule has 2 N–H and O–H groups in total. The zero-order valence-corrected chi connectivity index (χ0v) is 13.4. The fraction of sp³-hybridized carbons (Fsp3) is 0.529. The molecule has 0 aliphatic carbocycles. The highest BCUT2D eigenvalue weighted by atomic mass is 16.2. The average Bonchev–Trinajstić information content (AvgIpc) is 2.71. The molecule has 1 aromatic carbocycles. The summed E-state index contributed by atoms with van der Waals surface area (Å²) in [5.74, 6) is -0.0715. The second-order valence-electron chi connectivity index (χ2n) is 5.73. The number of carbonyl (C=O) groups excluding carboxylic acids is 2. The monoisotopic (exact) mass is 303 g/mol. The summed E-state index contributed by atoms with van der Waals surface area (Å²) in [4.78, 5) is 26.1. The van der Waals surface area contributed by atoms with E-state index < -0.39 is 6.04 Å². The van der Waals surface area contributed by atoms with Gasteiger partial charge in [0, 0.05) is 19.6 Å². The predicted molar refractivity (Wildman–Crippen MR) is 86.4 cm³/mol. The van der Waals surface area contributed by atoms with E-state index in [0.717, 1.165) is 18.4 Å². The molecular formula is C17H25N3O2. The van der Waals surface area contributed by atoms with Gasteiger partial charge in [-0.05, 0) is 44.2 Å². The maximum atomic E-state index is 12.5. The van der Waals surface area contributed by atoms with Gasteiger partial charge in [0.1, 0.15) is 6.04 Å². The minimum Gasteiger partial charge on any atom is -0.354 e. The van der Waals surface area contributed by atoms with Crippen molar-refractivity contribution >= 4 is 11.9 Å². The third-order valence-corrected chi connectivity index (χ3v) is 4.12. The SMILES string of the molecule is CCN(Cc1ccccc1C)C(=O)NC1CCCCNC1=O. The summed E-state index contributed by atoms with van der Waals surface area (Å²) in [6, 6.07) is 7.45. The molecule has 1 aliphatic heterocycles. The molecule has 0 aromatic heterocycles. The molecule has 0 radical (unpaired) electrons. The minimum atomic E-state index is -0.416. The molecule has 1 aromatic rings. The maximum absolute atomic E-state index is 12.5. The van der Waals surface area contributed by atoms with E-state index in [9.17, 15) is 9.59 Å². The highest BCUT2D eigenvalue weighted by Gasteiger charge is 2.24. The molecule has 1 aliphatic rings. The fourth-order valence-electron chi connectivity index (χ4n) is 2.64. The van der Waals surface area contributed by atoms with Crippen LogP contribution in [0.3, 0.4) is 0 Å². The van der Waals surface area contributed by atoms with Gasteiger partial charge in [-0.15, -0.1) is 0 Å². The molecule has 120 valence electrons. The van der Waals surface area contributed by atoms with Crippen molar-refractivity contribution in [3.63, 3.8) is 0 Å². The Labute approximate surface area is 132 Å². The van der Waals surface area contributed by atoms with Gasteiger partial charge in [0.15, 0.2) is 0 Å². The topological polar surface area (TPSA) is 61.4 Å². The molecule has 22 heavy (non-hydrogen) atoms. The second kappa shape index (κ2) is 7.82. The number of amides is 3. The third kappa shape index (κ3) is 4.23. The molecule has 1 atom stereocenters. The van der Waals surface area contributed by atoms with Crippen molar-refractivity contribution in [1.82, 2.24) is 15.5 Å². The zero-order chi connectivity index (χ0) is 15.9. The smallest absolute Gasteiger partial charge is 0.318 e. The van der Waals surface area contributed by atoms with Crippen molar-refractivity contribution in [3.05, 3.63) is 35.4 Å². The van der Waals surface area contributed by atoms with Crippen LogP contribution < -0.4 is 10.6 Å². The van der Waals surface area contributed by atoms with E-state index in [1.807, 2.05) is 38.1 Å². The predicted octanol–water partition coefficient (Wildman–Crippen LogP) is 2.20. The van der Waals surface area contributed by atoms with Crippen LogP contribution in [0.4, 0.5) is 4.79 Å². The summed E-state index contributed by atoms with van der Waals surface area (Å²) < 4.78 is 0. The van der Waals surface area contributed by atoms with E-state index in [4.69, 9.17) is 0 Å². The quantitative estimate of drug-likeness (QED) is 0.895. The highest BCUT2D eigenvalue weighted by Crippen LogP contribution is 2.11. The number of carbonyl (C=O) groups is 2. The Bertz CT molecular complexity index is 530. The van der Waals surface area contributed by atoms with Crippen molar-refractivity contribution in [1.29, 1.82) is 0 Å². The number of nitrogens with one attached hydrogen (secondary N) is 2. The number of urea groups is 1. The summed E-state index contributed by atoms with van der Waals surface area (Å²) in [6.07, 6.45) is 2.63. The van der Waals surface area contributed by atoms with E-state index in [-0.39, 0.29) is 11.9 Å². The number of nitrogens with zero attached hydrogens (tertiary/aromatic N) is 1. The largest absolute Gasteiger partial charge is 0.354 e. The van der Waals surface area contributed by atoms with E-state index in [2.05, 4.69) is 10.6 Å². The van der Waals surface area contributed by atoms with Crippen molar-refractivity contribution in [2.45, 2.75) is 45.7 Å². The first-order chi connectivity index (χ1) is 10.6. The average molecular weight is 303 g/mol. The van der Waals surface area contributed by atoms with Gasteiger partial charge in [0.05, 0.1) is 0 Å². The van der Waals surface area contributed by atoms with E-state index in [1.165, 1.54) is 5.56 Å². The van der Waals surface area contributed by atoms with Gasteiger partial charge in [-0.1, -0.05) is 24.3 Å². The Balaban J connectivity index is 1.99. The Hall–Kier alpha value is -2.04. The first kappa shape index (κ1) is 16.3. The van der Waals surface area contributed by atoms with Crippen LogP contribution in [0.25, 0.3) is 0 Å². The molecule has 0 saturated carbocycles. The number of aryl methyl sites for hydroxylation is 1. The normalized spacial score (nSPS) is 18.3. The lowest BCUT2D eigenvalue weighted by molar-refractivity contribution is -0.122. The zero-order valence-electron chi connectivity index (χ0n) is 13.4. The molecule has 1 saturated heterocycles. The standard InChI is InChI=1S/C17H25N3O2/c1-3-20(12-14-9-5-4-8-13(14)2)17(22)19-15-10-6-7-11-18-16(15)21/h4-5,8-9,15H,3,6-7,10-12H2,1-2H3,(H,18,21)(H,19,22). The van der Waals surface area contributed by atoms with Gasteiger partial charge in [0.25, 0.3) is 0 Å². The Morgan fingerprint density at radius 3 is 2.86 bits per heavy atom. The highest BCUT2D eigenvalue weighted by molar-refractivity contribution is 5.87. The van der Waals surface area contributed by atoms with Crippen molar-refractivity contribution < 1.29 is 9.59 Å². The number of hydrogen-bond donors (Lipinski definition) is 2. The van der Waals surface area contributed by atoms with Crippen LogP contribution in [0.15, 0.2) is 24.3 Å². The van der Waals surface area contributed by atoms with Crippen LogP contribution in [0.5, 0.6) is 0 Å². The summed E-state index contributed by atoms with van der Waals surface area (Å²) in [5, 5.41) is 5.72. The van der Waals surface area contributed by atoms with Crippen LogP contribution in [-0.2, 0) is 11.3 Å². The first-order valence-corrected chi connectivity index (χ1v) is 7.99. The van der Waals surface area contributed by atoms with E-state index in [0.29, 0.717) is 26.1 Å². The van der Waals surface area contributed by atoms with Gasteiger partial charge >= 0.3 is 6.03 Å². The molecule has 5 heteroatoms. The van der Waals surface area contributed by atoms with Gasteiger partial charge in [-0.2, -0.15) is 0 Å². The van der Waals surface area contributed by atoms with Gasteiger partial charge in [-0.3, -0.25) is 4.79 Å². The summed E-state index contributed by atoms with van der Waals surface area (Å²) in [5.41, 5.74) is 2.30. The van der Waals surface area contributed by atoms with Gasteiger partial charge in [-0.25, -0.2) is 4.79 Å². The van der Waals surface area contributed by atoms with E-state index >= 15 is 0 Å². The molecule has 0 bridgehead atoms. The number of benzene rings is 1. The van der Waals surface area contributed by atoms with Crippen LogP contribution in [0.1, 0.15) is 37.3 Å². The summed E-state index contributed by atoms with van der Waals surface area (Å²) >= 11 is 0. The lowest BCUT2D eigenvalue weighted by Gasteiger charge is -2.25. The fourth-order valence-corrected chi connectivity index (χ4v) is 2.64. The lowest BCUT2D eigenvalue weighted by Crippen LogP contribution is -2.50. The molecule has 1 unspecified atom stereocenters. The third-order valence-electron chi connectivity index (χ3n) is 4.12. The summed E-state index contributed by atoms with van der Waals surface area (Å²) in [7, 11) is 0. The number of hydrogen-bond acceptors (Lipinski definition) is 2. The molecule has 2 rings (SSSR count). The minimum absolute atomic E-state index is 0.0715. The molecule has 0 spiro atoms. The maximum Gasteiger partial charge on any atom is 0.318 e. The first-order valence-electron chi connectivity index (χ1n) is 7.99. The van der Waals surface area contributed by atoms with Crippen molar-refractivity contribution in [2.75, 3.05) is 13.1 Å². The molecule has 1 heterocycles. The van der Waals surface area contributed by atoms with Crippen LogP contribution in [0.2, 0.25) is 0 Å². The second-order valence-corrected chi connectivity index (χ2v) is 5.73. The summed E-state index contributed by atoms with van der Waals surface area (Å²) in [6.45, 7) is 5.86. The van der Waals surface area contributed by atoms with Gasteiger partial charge < -0.3 is 15.5 Å². The Kier molecular flexibility index (Phi) is 5.81. The molecule has 1 fully saturated rings.